The lowest BCUT2D eigenvalue weighted by Crippen LogP contribution is -2.64. The van der Waals surface area contributed by atoms with Crippen molar-refractivity contribution >= 4 is 57.2 Å². The first-order chi connectivity index (χ1) is 22.6. The number of hydrogen-bond donors (Lipinski definition) is 0. The molecule has 0 aromatic heterocycles. The van der Waals surface area contributed by atoms with E-state index in [0.29, 0.717) is 0 Å². The Labute approximate surface area is 273 Å². The van der Waals surface area contributed by atoms with Gasteiger partial charge in [-0.1, -0.05) is 73.7 Å². The molecule has 12 rings (SSSR count). The summed E-state index contributed by atoms with van der Waals surface area (Å²) in [6.45, 7) is 4.71. The average Bonchev–Trinajstić information content (AvgIpc) is 3.08. The molecule has 0 radical (unpaired) electrons. The van der Waals surface area contributed by atoms with Gasteiger partial charge in [-0.05, 0) is 144 Å². The summed E-state index contributed by atoms with van der Waals surface area (Å²) in [5.74, 6) is 3.36. The molecule has 0 atom stereocenters. The molecular formula is C43H39BN2. The predicted octanol–water partition coefficient (Wildman–Crippen LogP) is 8.70. The van der Waals surface area contributed by atoms with E-state index in [-0.39, 0.29) is 12.1 Å². The van der Waals surface area contributed by atoms with Gasteiger partial charge in [-0.15, -0.1) is 0 Å². The third-order valence-corrected chi connectivity index (χ3v) is 13.2. The Balaban J connectivity index is 1.24. The number of para-hydroxylation sites is 2. The maximum atomic E-state index is 2.70. The fourth-order valence-corrected chi connectivity index (χ4v) is 11.9. The highest BCUT2D eigenvalue weighted by Gasteiger charge is 2.62. The number of anilines is 6. The van der Waals surface area contributed by atoms with Crippen LogP contribution < -0.4 is 26.2 Å². The standard InChI is InChI=1S/C43H39BN2/c1-3-27-17-18-38-36(25-27)44-35-13-7-12-34-42(35)46(40-16-8-15-39(41(40)44)45(38)32-10-6-9-26(2)19-32)37-14-5-4-11-33(37)43(34)30-21-28-20-29(23-30)24-31(43)22-28/h4-19,25,28-31H,3,20-24H2,1-2H3. The van der Waals surface area contributed by atoms with Crippen LogP contribution >= 0.6 is 0 Å². The number of aryl methyl sites for hydroxylation is 2. The van der Waals surface area contributed by atoms with Crippen molar-refractivity contribution in [3.63, 3.8) is 0 Å². The zero-order valence-electron chi connectivity index (χ0n) is 26.8. The van der Waals surface area contributed by atoms with Gasteiger partial charge in [-0.25, -0.2) is 0 Å². The summed E-state index contributed by atoms with van der Waals surface area (Å²) in [4.78, 5) is 5.25. The summed E-state index contributed by atoms with van der Waals surface area (Å²) in [7, 11) is 0. The lowest BCUT2D eigenvalue weighted by atomic mass is 9.32. The van der Waals surface area contributed by atoms with Crippen LogP contribution in [-0.4, -0.2) is 6.71 Å². The second-order valence-corrected chi connectivity index (χ2v) is 15.3. The fourth-order valence-electron chi connectivity index (χ4n) is 11.9. The van der Waals surface area contributed by atoms with Crippen molar-refractivity contribution in [1.82, 2.24) is 0 Å². The van der Waals surface area contributed by atoms with Crippen LogP contribution in [0.2, 0.25) is 0 Å². The van der Waals surface area contributed by atoms with E-state index in [9.17, 15) is 0 Å². The van der Waals surface area contributed by atoms with Crippen molar-refractivity contribution in [2.75, 3.05) is 9.80 Å². The van der Waals surface area contributed by atoms with Crippen molar-refractivity contribution in [1.29, 1.82) is 0 Å². The molecule has 4 fully saturated rings. The summed E-state index contributed by atoms with van der Waals surface area (Å²) in [5.41, 5.74) is 18.6. The number of rotatable bonds is 2. The summed E-state index contributed by atoms with van der Waals surface area (Å²) in [6.07, 6.45) is 8.15. The van der Waals surface area contributed by atoms with E-state index >= 15 is 0 Å². The van der Waals surface area contributed by atoms with Crippen LogP contribution in [-0.2, 0) is 11.8 Å². The van der Waals surface area contributed by atoms with Gasteiger partial charge in [0.15, 0.2) is 0 Å². The Bertz CT molecular complexity index is 2080. The molecule has 4 bridgehead atoms. The Morgan fingerprint density at radius 1 is 0.630 bits per heavy atom. The molecular weight excluding hydrogens is 555 g/mol. The van der Waals surface area contributed by atoms with E-state index in [2.05, 4.69) is 127 Å². The number of fused-ring (bicyclic) bond motifs is 6. The summed E-state index contributed by atoms with van der Waals surface area (Å²) < 4.78 is 0. The van der Waals surface area contributed by atoms with Crippen molar-refractivity contribution < 1.29 is 0 Å². The van der Waals surface area contributed by atoms with Gasteiger partial charge in [-0.3, -0.25) is 0 Å². The molecule has 4 aliphatic carbocycles. The largest absolute Gasteiger partial charge is 0.311 e. The zero-order valence-corrected chi connectivity index (χ0v) is 26.8. The second kappa shape index (κ2) is 8.97. The van der Waals surface area contributed by atoms with E-state index in [1.165, 1.54) is 93.7 Å². The third-order valence-electron chi connectivity index (χ3n) is 13.2. The van der Waals surface area contributed by atoms with Gasteiger partial charge in [0.1, 0.15) is 0 Å². The zero-order chi connectivity index (χ0) is 30.3. The van der Waals surface area contributed by atoms with Crippen LogP contribution in [0.15, 0.2) is 103 Å². The first-order valence-corrected chi connectivity index (χ1v) is 17.8. The maximum absolute atomic E-state index is 2.70. The topological polar surface area (TPSA) is 6.48 Å². The van der Waals surface area contributed by atoms with Gasteiger partial charge < -0.3 is 9.80 Å². The van der Waals surface area contributed by atoms with E-state index < -0.39 is 0 Å². The van der Waals surface area contributed by atoms with Crippen LogP contribution in [0, 0.1) is 30.6 Å². The molecule has 5 aromatic rings. The Kier molecular flexibility index (Phi) is 5.05. The van der Waals surface area contributed by atoms with Crippen LogP contribution in [0.1, 0.15) is 61.3 Å². The third kappa shape index (κ3) is 3.06. The average molecular weight is 595 g/mol. The fraction of sp³-hybridized carbons (Fsp3) is 0.302. The summed E-state index contributed by atoms with van der Waals surface area (Å²) in [6, 6.07) is 40.5. The molecule has 2 nitrogen and oxygen atoms in total. The molecule has 4 saturated carbocycles. The van der Waals surface area contributed by atoms with E-state index in [0.717, 1.165) is 30.1 Å². The summed E-state index contributed by atoms with van der Waals surface area (Å²) in [5, 5.41) is 0. The van der Waals surface area contributed by atoms with Crippen molar-refractivity contribution in [2.24, 2.45) is 23.7 Å². The first kappa shape index (κ1) is 25.9. The minimum Gasteiger partial charge on any atom is -0.311 e. The van der Waals surface area contributed by atoms with Gasteiger partial charge in [0.2, 0.25) is 0 Å². The molecule has 0 unspecified atom stereocenters. The Morgan fingerprint density at radius 3 is 2.11 bits per heavy atom. The van der Waals surface area contributed by atoms with Crippen LogP contribution in [0.3, 0.4) is 0 Å². The monoisotopic (exact) mass is 594 g/mol. The highest BCUT2D eigenvalue weighted by molar-refractivity contribution is 7.00. The molecule has 3 heteroatoms. The van der Waals surface area contributed by atoms with Crippen molar-refractivity contribution in [2.45, 2.75) is 57.8 Å². The molecule has 7 aliphatic rings. The summed E-state index contributed by atoms with van der Waals surface area (Å²) >= 11 is 0. The molecule has 1 spiro atoms. The van der Waals surface area contributed by atoms with Gasteiger partial charge in [0.05, 0.1) is 5.69 Å². The lowest BCUT2D eigenvalue weighted by molar-refractivity contribution is -0.0419. The van der Waals surface area contributed by atoms with Crippen LogP contribution in [0.5, 0.6) is 0 Å². The quantitative estimate of drug-likeness (QED) is 0.185. The van der Waals surface area contributed by atoms with E-state index in [4.69, 9.17) is 0 Å². The van der Waals surface area contributed by atoms with E-state index in [1.807, 2.05) is 0 Å². The minimum absolute atomic E-state index is 0.122. The van der Waals surface area contributed by atoms with Gasteiger partial charge in [0, 0.05) is 33.9 Å². The number of nitrogens with zero attached hydrogens (tertiary/aromatic N) is 2. The highest BCUT2D eigenvalue weighted by atomic mass is 15.2. The number of benzene rings is 5. The normalized spacial score (nSPS) is 27.0. The lowest BCUT2D eigenvalue weighted by Gasteiger charge is -2.64. The molecule has 224 valence electrons. The molecule has 3 heterocycles. The van der Waals surface area contributed by atoms with Crippen molar-refractivity contribution in [3.8, 4) is 0 Å². The van der Waals surface area contributed by atoms with Gasteiger partial charge in [0.25, 0.3) is 6.71 Å². The number of hydrogen-bond acceptors (Lipinski definition) is 2. The second-order valence-electron chi connectivity index (χ2n) is 15.3. The molecule has 46 heavy (non-hydrogen) atoms. The van der Waals surface area contributed by atoms with Crippen molar-refractivity contribution in [3.05, 3.63) is 125 Å². The predicted molar refractivity (Wildman–Crippen MR) is 192 cm³/mol. The van der Waals surface area contributed by atoms with Gasteiger partial charge >= 0.3 is 0 Å². The van der Waals surface area contributed by atoms with E-state index in [1.54, 1.807) is 11.1 Å². The smallest absolute Gasteiger partial charge is 0.252 e. The highest BCUT2D eigenvalue weighted by Crippen LogP contribution is 2.69. The molecule has 0 saturated heterocycles. The Morgan fingerprint density at radius 2 is 1.33 bits per heavy atom. The van der Waals surface area contributed by atoms with Crippen LogP contribution in [0.25, 0.3) is 0 Å². The van der Waals surface area contributed by atoms with Crippen LogP contribution in [0.4, 0.5) is 34.1 Å². The minimum atomic E-state index is 0.122. The molecule has 0 amide bonds. The molecule has 3 aliphatic heterocycles. The molecule has 5 aromatic carbocycles. The Hall–Kier alpha value is -4.24. The van der Waals surface area contributed by atoms with Gasteiger partial charge in [-0.2, -0.15) is 0 Å². The molecule has 0 N–H and O–H groups in total. The SMILES string of the molecule is CCc1ccc2c(c1)B1c3cccc4c3N(c3ccccc3C43C4CC5CC(C4)CC3C5)c3cccc(c31)N2c1cccc(C)c1. The maximum Gasteiger partial charge on any atom is 0.252 e. The first-order valence-electron chi connectivity index (χ1n) is 17.8.